The summed E-state index contributed by atoms with van der Waals surface area (Å²) in [5.41, 5.74) is 5.21. The number of nitrogens with one attached hydrogen (secondary N) is 1. The van der Waals surface area contributed by atoms with Gasteiger partial charge < -0.3 is 15.8 Å². The minimum Gasteiger partial charge on any atom is -0.467 e. The number of carbonyl (C=O) groups excluding carboxylic acids is 2. The van der Waals surface area contributed by atoms with Crippen molar-refractivity contribution in [3.8, 4) is 0 Å². The van der Waals surface area contributed by atoms with Crippen LogP contribution in [0.15, 0.2) is 0 Å². The monoisotopic (exact) mass is 228 g/mol. The molecule has 0 aromatic carbocycles. The van der Waals surface area contributed by atoms with Crippen molar-refractivity contribution in [2.45, 2.75) is 38.6 Å². The lowest BCUT2D eigenvalue weighted by atomic mass is 9.85. The van der Waals surface area contributed by atoms with Crippen molar-refractivity contribution < 1.29 is 14.3 Å². The van der Waals surface area contributed by atoms with Gasteiger partial charge in [0.15, 0.2) is 0 Å². The first-order valence-corrected chi connectivity index (χ1v) is 5.64. The first kappa shape index (κ1) is 13.0. The molecule has 1 unspecified atom stereocenters. The third kappa shape index (κ3) is 2.52. The molecule has 0 aromatic heterocycles. The summed E-state index contributed by atoms with van der Waals surface area (Å²) in [6, 6.07) is -0.610. The molecular formula is C11H20N2O3. The molecule has 1 atom stereocenters. The number of nitrogens with two attached hydrogens (primary N) is 1. The molecule has 0 aliphatic heterocycles. The van der Waals surface area contributed by atoms with E-state index in [0.29, 0.717) is 6.54 Å². The molecular weight excluding hydrogens is 208 g/mol. The fourth-order valence-electron chi connectivity index (χ4n) is 2.16. The van der Waals surface area contributed by atoms with Crippen LogP contribution in [0, 0.1) is 5.41 Å². The van der Waals surface area contributed by atoms with Gasteiger partial charge in [0.2, 0.25) is 5.91 Å². The average Bonchev–Trinajstić information content (AvgIpc) is 2.77. The van der Waals surface area contributed by atoms with E-state index in [0.717, 1.165) is 25.7 Å². The molecule has 0 heterocycles. The van der Waals surface area contributed by atoms with Crippen molar-refractivity contribution >= 4 is 11.9 Å². The van der Waals surface area contributed by atoms with E-state index in [2.05, 4.69) is 10.1 Å². The van der Waals surface area contributed by atoms with E-state index in [-0.39, 0.29) is 5.91 Å². The van der Waals surface area contributed by atoms with E-state index < -0.39 is 17.4 Å². The maximum atomic E-state index is 12.0. The van der Waals surface area contributed by atoms with E-state index in [4.69, 9.17) is 5.73 Å². The quantitative estimate of drug-likeness (QED) is 0.673. The highest BCUT2D eigenvalue weighted by molar-refractivity contribution is 5.88. The molecule has 1 fully saturated rings. The number of rotatable bonds is 4. The fourth-order valence-corrected chi connectivity index (χ4v) is 2.16. The van der Waals surface area contributed by atoms with Gasteiger partial charge in [0.25, 0.3) is 0 Å². The standard InChI is InChI=1S/C11H20N2O3/c1-8(9(14)16-2)13-10(15)11(7-12)5-3-4-6-11/h8H,3-7,12H2,1-2H3,(H,13,15). The Morgan fingerprint density at radius 2 is 2.00 bits per heavy atom. The number of methoxy groups -OCH3 is 1. The Kier molecular flexibility index (Phi) is 4.29. The van der Waals surface area contributed by atoms with Gasteiger partial charge in [-0.15, -0.1) is 0 Å². The highest BCUT2D eigenvalue weighted by Crippen LogP contribution is 2.37. The maximum Gasteiger partial charge on any atom is 0.328 e. The topological polar surface area (TPSA) is 81.4 Å². The van der Waals surface area contributed by atoms with Gasteiger partial charge >= 0.3 is 5.97 Å². The summed E-state index contributed by atoms with van der Waals surface area (Å²) < 4.78 is 4.56. The van der Waals surface area contributed by atoms with Crippen LogP contribution in [0.4, 0.5) is 0 Å². The van der Waals surface area contributed by atoms with Gasteiger partial charge in [-0.25, -0.2) is 4.79 Å². The van der Waals surface area contributed by atoms with E-state index >= 15 is 0 Å². The minimum absolute atomic E-state index is 0.120. The summed E-state index contributed by atoms with van der Waals surface area (Å²) >= 11 is 0. The summed E-state index contributed by atoms with van der Waals surface area (Å²) in [7, 11) is 1.30. The normalized spacial score (nSPS) is 20.2. The Labute approximate surface area is 95.7 Å². The van der Waals surface area contributed by atoms with Gasteiger partial charge in [-0.3, -0.25) is 4.79 Å². The number of carbonyl (C=O) groups is 2. The lowest BCUT2D eigenvalue weighted by Gasteiger charge is -2.27. The highest BCUT2D eigenvalue weighted by Gasteiger charge is 2.40. The van der Waals surface area contributed by atoms with Gasteiger partial charge in [0.1, 0.15) is 6.04 Å². The molecule has 0 bridgehead atoms. The zero-order valence-electron chi connectivity index (χ0n) is 9.91. The second-order valence-corrected chi connectivity index (χ2v) is 4.41. The van der Waals surface area contributed by atoms with Crippen LogP contribution in [0.2, 0.25) is 0 Å². The van der Waals surface area contributed by atoms with Gasteiger partial charge in [0.05, 0.1) is 12.5 Å². The Bertz CT molecular complexity index is 272. The molecule has 5 nitrogen and oxygen atoms in total. The lowest BCUT2D eigenvalue weighted by Crippen LogP contribution is -2.49. The van der Waals surface area contributed by atoms with Crippen molar-refractivity contribution in [2.75, 3.05) is 13.7 Å². The van der Waals surface area contributed by atoms with Gasteiger partial charge in [-0.2, -0.15) is 0 Å². The number of amides is 1. The Balaban J connectivity index is 2.60. The lowest BCUT2D eigenvalue weighted by molar-refractivity contribution is -0.146. The third-order valence-electron chi connectivity index (χ3n) is 3.34. The largest absolute Gasteiger partial charge is 0.467 e. The summed E-state index contributed by atoms with van der Waals surface area (Å²) in [6.07, 6.45) is 3.67. The second-order valence-electron chi connectivity index (χ2n) is 4.41. The van der Waals surface area contributed by atoms with Crippen molar-refractivity contribution in [1.29, 1.82) is 0 Å². The zero-order chi connectivity index (χ0) is 12.2. The first-order chi connectivity index (χ1) is 7.55. The van der Waals surface area contributed by atoms with Crippen LogP contribution in [0.5, 0.6) is 0 Å². The highest BCUT2D eigenvalue weighted by atomic mass is 16.5. The SMILES string of the molecule is COC(=O)C(C)NC(=O)C1(CN)CCCC1. The van der Waals surface area contributed by atoms with Crippen LogP contribution < -0.4 is 11.1 Å². The summed E-state index contributed by atoms with van der Waals surface area (Å²) in [5, 5.41) is 2.67. The smallest absolute Gasteiger partial charge is 0.328 e. The molecule has 0 radical (unpaired) electrons. The number of esters is 1. The van der Waals surface area contributed by atoms with Crippen LogP contribution in [0.25, 0.3) is 0 Å². The average molecular weight is 228 g/mol. The van der Waals surface area contributed by atoms with Gasteiger partial charge in [0, 0.05) is 6.54 Å². The number of hydrogen-bond donors (Lipinski definition) is 2. The van der Waals surface area contributed by atoms with Gasteiger partial charge in [-0.1, -0.05) is 12.8 Å². The summed E-state index contributed by atoms with van der Waals surface area (Å²) in [4.78, 5) is 23.2. The molecule has 1 rings (SSSR count). The number of hydrogen-bond acceptors (Lipinski definition) is 4. The Hall–Kier alpha value is -1.10. The molecule has 3 N–H and O–H groups in total. The molecule has 1 aliphatic rings. The molecule has 16 heavy (non-hydrogen) atoms. The molecule has 1 aliphatic carbocycles. The molecule has 5 heteroatoms. The predicted molar refractivity (Wildman–Crippen MR) is 59.6 cm³/mol. The summed E-state index contributed by atoms with van der Waals surface area (Å²) in [5.74, 6) is -0.552. The third-order valence-corrected chi connectivity index (χ3v) is 3.34. The van der Waals surface area contributed by atoms with Crippen molar-refractivity contribution in [3.63, 3.8) is 0 Å². The maximum absolute atomic E-state index is 12.0. The zero-order valence-corrected chi connectivity index (χ0v) is 9.91. The van der Waals surface area contributed by atoms with E-state index in [1.54, 1.807) is 6.92 Å². The summed E-state index contributed by atoms with van der Waals surface area (Å²) in [6.45, 7) is 1.95. The van der Waals surface area contributed by atoms with Crippen molar-refractivity contribution in [2.24, 2.45) is 11.1 Å². The van der Waals surface area contributed by atoms with Crippen LogP contribution in [-0.4, -0.2) is 31.6 Å². The van der Waals surface area contributed by atoms with Crippen LogP contribution in [0.3, 0.4) is 0 Å². The van der Waals surface area contributed by atoms with E-state index in [1.807, 2.05) is 0 Å². The molecule has 92 valence electrons. The second kappa shape index (κ2) is 5.30. The van der Waals surface area contributed by atoms with Crippen molar-refractivity contribution in [3.05, 3.63) is 0 Å². The van der Waals surface area contributed by atoms with E-state index in [1.165, 1.54) is 7.11 Å². The molecule has 1 amide bonds. The Morgan fingerprint density at radius 3 is 2.44 bits per heavy atom. The molecule has 0 spiro atoms. The fraction of sp³-hybridized carbons (Fsp3) is 0.818. The molecule has 1 saturated carbocycles. The van der Waals surface area contributed by atoms with Crippen LogP contribution in [-0.2, 0) is 14.3 Å². The number of ether oxygens (including phenoxy) is 1. The van der Waals surface area contributed by atoms with Crippen LogP contribution in [0.1, 0.15) is 32.6 Å². The molecule has 0 saturated heterocycles. The van der Waals surface area contributed by atoms with Crippen molar-refractivity contribution in [1.82, 2.24) is 5.32 Å². The Morgan fingerprint density at radius 1 is 1.44 bits per heavy atom. The van der Waals surface area contributed by atoms with Crippen LogP contribution >= 0.6 is 0 Å². The van der Waals surface area contributed by atoms with Gasteiger partial charge in [-0.05, 0) is 19.8 Å². The molecule has 0 aromatic rings. The predicted octanol–water partition coefficient (Wildman–Crippen LogP) is 0.183. The first-order valence-electron chi connectivity index (χ1n) is 5.64. The minimum atomic E-state index is -0.610. The van der Waals surface area contributed by atoms with E-state index in [9.17, 15) is 9.59 Å².